The minimum atomic E-state index is -0.486. The Balaban J connectivity index is 2.59. The summed E-state index contributed by atoms with van der Waals surface area (Å²) < 4.78 is 13.6. The number of nitrogens with zero attached hydrogens (tertiary/aromatic N) is 2. The van der Waals surface area contributed by atoms with E-state index in [4.69, 9.17) is 5.26 Å². The third-order valence-electron chi connectivity index (χ3n) is 2.18. The molecule has 1 aromatic rings. The molecule has 0 heterocycles. The summed E-state index contributed by atoms with van der Waals surface area (Å²) in [6.45, 7) is 0. The van der Waals surface area contributed by atoms with Crippen molar-refractivity contribution >= 4 is 17.7 Å². The molecule has 0 spiro atoms. The Hall–Kier alpha value is -1.54. The number of nitriles is 1. The Morgan fingerprint density at radius 1 is 1.53 bits per heavy atom. The number of benzene rings is 1. The number of carbonyl (C=O) groups excluding carboxylic acids is 1. The fourth-order valence-corrected chi connectivity index (χ4v) is 2.13. The van der Waals surface area contributed by atoms with Crippen LogP contribution in [0.5, 0.6) is 0 Å². The van der Waals surface area contributed by atoms with E-state index < -0.39 is 5.82 Å². The van der Waals surface area contributed by atoms with Crippen LogP contribution in [-0.2, 0) is 10.5 Å². The maximum atomic E-state index is 13.6. The Kier molecular flexibility index (Phi) is 4.98. The molecule has 17 heavy (non-hydrogen) atoms. The van der Waals surface area contributed by atoms with Crippen molar-refractivity contribution in [2.75, 3.05) is 19.8 Å². The van der Waals surface area contributed by atoms with Crippen molar-refractivity contribution in [2.45, 2.75) is 5.75 Å². The van der Waals surface area contributed by atoms with Gasteiger partial charge in [0.15, 0.2) is 0 Å². The predicted molar refractivity (Wildman–Crippen MR) is 66.0 cm³/mol. The zero-order chi connectivity index (χ0) is 12.8. The number of halogens is 1. The highest BCUT2D eigenvalue weighted by Crippen LogP contribution is 2.18. The third-order valence-corrected chi connectivity index (χ3v) is 3.15. The highest BCUT2D eigenvalue weighted by molar-refractivity contribution is 7.99. The van der Waals surface area contributed by atoms with Crippen LogP contribution in [0.3, 0.4) is 0 Å². The van der Waals surface area contributed by atoms with Crippen LogP contribution in [0.4, 0.5) is 4.39 Å². The van der Waals surface area contributed by atoms with E-state index in [0.29, 0.717) is 17.1 Å². The summed E-state index contributed by atoms with van der Waals surface area (Å²) in [4.78, 5) is 12.8. The SMILES string of the molecule is CN(C)C(=O)CSCc1cccc(C#N)c1F. The molecule has 0 bridgehead atoms. The van der Waals surface area contributed by atoms with Gasteiger partial charge in [-0.2, -0.15) is 5.26 Å². The van der Waals surface area contributed by atoms with Crippen LogP contribution < -0.4 is 0 Å². The number of hydrogen-bond donors (Lipinski definition) is 0. The summed E-state index contributed by atoms with van der Waals surface area (Å²) in [5.74, 6) is 0.205. The zero-order valence-corrected chi connectivity index (χ0v) is 10.6. The molecule has 1 rings (SSSR count). The molecule has 0 fully saturated rings. The van der Waals surface area contributed by atoms with E-state index in [1.165, 1.54) is 22.7 Å². The van der Waals surface area contributed by atoms with Crippen molar-refractivity contribution in [2.24, 2.45) is 0 Å². The van der Waals surface area contributed by atoms with Gasteiger partial charge >= 0.3 is 0 Å². The van der Waals surface area contributed by atoms with Gasteiger partial charge in [-0.15, -0.1) is 11.8 Å². The molecular weight excluding hydrogens is 239 g/mol. The van der Waals surface area contributed by atoms with Gasteiger partial charge < -0.3 is 4.90 Å². The van der Waals surface area contributed by atoms with Crippen molar-refractivity contribution in [1.29, 1.82) is 5.26 Å². The highest BCUT2D eigenvalue weighted by Gasteiger charge is 2.09. The van der Waals surface area contributed by atoms with Crippen LogP contribution in [-0.4, -0.2) is 30.7 Å². The normalized spacial score (nSPS) is 9.76. The smallest absolute Gasteiger partial charge is 0.232 e. The first-order chi connectivity index (χ1) is 8.06. The maximum Gasteiger partial charge on any atom is 0.232 e. The molecule has 0 saturated heterocycles. The van der Waals surface area contributed by atoms with Crippen molar-refractivity contribution in [3.8, 4) is 6.07 Å². The van der Waals surface area contributed by atoms with Gasteiger partial charge in [0.2, 0.25) is 5.91 Å². The minimum absolute atomic E-state index is 0.00755. The first-order valence-corrected chi connectivity index (χ1v) is 6.17. The molecule has 0 aliphatic heterocycles. The minimum Gasteiger partial charge on any atom is -0.348 e. The number of amides is 1. The van der Waals surface area contributed by atoms with Gasteiger partial charge in [0.25, 0.3) is 0 Å². The van der Waals surface area contributed by atoms with Crippen LogP contribution in [0.15, 0.2) is 18.2 Å². The van der Waals surface area contributed by atoms with E-state index in [2.05, 4.69) is 0 Å². The van der Waals surface area contributed by atoms with Crippen LogP contribution in [0.1, 0.15) is 11.1 Å². The molecule has 0 aromatic heterocycles. The van der Waals surface area contributed by atoms with Gasteiger partial charge in [-0.3, -0.25) is 4.79 Å². The molecule has 0 radical (unpaired) electrons. The topological polar surface area (TPSA) is 44.1 Å². The lowest BCUT2D eigenvalue weighted by atomic mass is 10.1. The van der Waals surface area contributed by atoms with Crippen LogP contribution in [0, 0.1) is 17.1 Å². The van der Waals surface area contributed by atoms with Gasteiger partial charge in [-0.25, -0.2) is 4.39 Å². The Morgan fingerprint density at radius 3 is 2.82 bits per heavy atom. The van der Waals surface area contributed by atoms with Crippen molar-refractivity contribution < 1.29 is 9.18 Å². The number of hydrogen-bond acceptors (Lipinski definition) is 3. The lowest BCUT2D eigenvalue weighted by Crippen LogP contribution is -2.23. The molecule has 3 nitrogen and oxygen atoms in total. The molecule has 0 N–H and O–H groups in total. The quantitative estimate of drug-likeness (QED) is 0.823. The number of carbonyl (C=O) groups is 1. The van der Waals surface area contributed by atoms with Crippen LogP contribution in [0.2, 0.25) is 0 Å². The van der Waals surface area contributed by atoms with Crippen molar-refractivity contribution in [3.05, 3.63) is 35.1 Å². The first kappa shape index (κ1) is 13.5. The van der Waals surface area contributed by atoms with Crippen molar-refractivity contribution in [1.82, 2.24) is 4.90 Å². The lowest BCUT2D eigenvalue weighted by molar-refractivity contribution is -0.125. The van der Waals surface area contributed by atoms with E-state index in [-0.39, 0.29) is 11.5 Å². The predicted octanol–water partition coefficient (Wildman–Crippen LogP) is 2.02. The molecular formula is C12H13FN2OS. The monoisotopic (exact) mass is 252 g/mol. The summed E-state index contributed by atoms with van der Waals surface area (Å²) in [7, 11) is 3.36. The summed E-state index contributed by atoms with van der Waals surface area (Å²) in [5.41, 5.74) is 0.502. The van der Waals surface area contributed by atoms with Crippen LogP contribution >= 0.6 is 11.8 Å². The van der Waals surface area contributed by atoms with E-state index in [1.54, 1.807) is 32.3 Å². The zero-order valence-electron chi connectivity index (χ0n) is 9.74. The highest BCUT2D eigenvalue weighted by atomic mass is 32.2. The fourth-order valence-electron chi connectivity index (χ4n) is 1.16. The molecule has 0 unspecified atom stereocenters. The molecule has 0 atom stereocenters. The Morgan fingerprint density at radius 2 is 2.24 bits per heavy atom. The lowest BCUT2D eigenvalue weighted by Gasteiger charge is -2.09. The average molecular weight is 252 g/mol. The molecule has 0 aliphatic rings. The summed E-state index contributed by atoms with van der Waals surface area (Å²) >= 11 is 1.34. The first-order valence-electron chi connectivity index (χ1n) is 5.01. The van der Waals surface area contributed by atoms with E-state index in [9.17, 15) is 9.18 Å². The maximum absolute atomic E-state index is 13.6. The van der Waals surface area contributed by atoms with E-state index >= 15 is 0 Å². The summed E-state index contributed by atoms with van der Waals surface area (Å²) in [5, 5.41) is 8.67. The second kappa shape index (κ2) is 6.26. The van der Waals surface area contributed by atoms with Gasteiger partial charge in [0.1, 0.15) is 11.9 Å². The average Bonchev–Trinajstić information content (AvgIpc) is 2.31. The molecule has 0 aliphatic carbocycles. The second-order valence-corrected chi connectivity index (χ2v) is 4.66. The number of thioether (sulfide) groups is 1. The Labute approximate surface area is 104 Å². The van der Waals surface area contributed by atoms with Gasteiger partial charge in [0.05, 0.1) is 11.3 Å². The van der Waals surface area contributed by atoms with Gasteiger partial charge in [0, 0.05) is 19.8 Å². The summed E-state index contributed by atoms with van der Waals surface area (Å²) in [6, 6.07) is 6.51. The van der Waals surface area contributed by atoms with E-state index in [1.807, 2.05) is 0 Å². The van der Waals surface area contributed by atoms with Gasteiger partial charge in [-0.1, -0.05) is 12.1 Å². The molecule has 5 heteroatoms. The molecule has 1 aromatic carbocycles. The molecule has 0 saturated carbocycles. The largest absolute Gasteiger partial charge is 0.348 e. The summed E-state index contributed by atoms with van der Waals surface area (Å²) in [6.07, 6.45) is 0. The molecule has 1 amide bonds. The Bertz CT molecular complexity index is 454. The molecule has 90 valence electrons. The fraction of sp³-hybridized carbons (Fsp3) is 0.333. The van der Waals surface area contributed by atoms with E-state index in [0.717, 1.165) is 0 Å². The van der Waals surface area contributed by atoms with Gasteiger partial charge in [-0.05, 0) is 11.6 Å². The second-order valence-electron chi connectivity index (χ2n) is 3.67. The number of rotatable bonds is 4. The standard InChI is InChI=1S/C12H13FN2OS/c1-15(2)11(16)8-17-7-10-5-3-4-9(6-14)12(10)13/h3-5H,7-8H2,1-2H3. The van der Waals surface area contributed by atoms with Crippen molar-refractivity contribution in [3.63, 3.8) is 0 Å². The third kappa shape index (κ3) is 3.75. The van der Waals surface area contributed by atoms with Crippen LogP contribution in [0.25, 0.3) is 0 Å².